The van der Waals surface area contributed by atoms with Gasteiger partial charge in [-0.3, -0.25) is 0 Å². The highest BCUT2D eigenvalue weighted by Crippen LogP contribution is 2.34. The maximum Gasteiger partial charge on any atom is 0.163 e. The second-order valence-corrected chi connectivity index (χ2v) is 3.49. The lowest BCUT2D eigenvalue weighted by Gasteiger charge is -2.10. The van der Waals surface area contributed by atoms with Crippen LogP contribution in [-0.4, -0.2) is 19.6 Å². The predicted octanol–water partition coefficient (Wildman–Crippen LogP) is 2.97. The molecule has 0 atom stereocenters. The van der Waals surface area contributed by atoms with Gasteiger partial charge in [-0.2, -0.15) is 5.26 Å². The van der Waals surface area contributed by atoms with Crippen LogP contribution in [0.2, 0.25) is 0 Å². The third-order valence-corrected chi connectivity index (χ3v) is 2.30. The molecule has 0 N–H and O–H groups in total. The molecular formula is C11H11ClN2O3. The molecule has 1 aromatic carbocycles. The van der Waals surface area contributed by atoms with E-state index < -0.39 is 0 Å². The Bertz CT molecular complexity index is 443. The number of halogens is 1. The van der Waals surface area contributed by atoms with E-state index in [1.165, 1.54) is 19.2 Å². The van der Waals surface area contributed by atoms with Crippen molar-refractivity contribution in [1.82, 2.24) is 0 Å². The molecule has 0 unspecified atom stereocenters. The van der Waals surface area contributed by atoms with Gasteiger partial charge in [0.1, 0.15) is 11.8 Å². The summed E-state index contributed by atoms with van der Waals surface area (Å²) in [5, 5.41) is 11.6. The van der Waals surface area contributed by atoms with Crippen molar-refractivity contribution in [2.24, 2.45) is 5.18 Å². The maximum atomic E-state index is 10.5. The van der Waals surface area contributed by atoms with Gasteiger partial charge in [-0.25, -0.2) is 0 Å². The van der Waals surface area contributed by atoms with E-state index in [1.807, 2.05) is 6.07 Å². The number of benzene rings is 1. The molecule has 1 rings (SSSR count). The van der Waals surface area contributed by atoms with Gasteiger partial charge < -0.3 is 9.47 Å². The van der Waals surface area contributed by atoms with Gasteiger partial charge in [0.15, 0.2) is 11.5 Å². The molecule has 1 aromatic rings. The Morgan fingerprint density at radius 1 is 1.47 bits per heavy atom. The van der Waals surface area contributed by atoms with Gasteiger partial charge >= 0.3 is 0 Å². The van der Waals surface area contributed by atoms with E-state index in [9.17, 15) is 4.91 Å². The summed E-state index contributed by atoms with van der Waals surface area (Å²) in [4.78, 5) is 10.5. The third kappa shape index (κ3) is 3.33. The summed E-state index contributed by atoms with van der Waals surface area (Å²) < 4.78 is 10.5. The summed E-state index contributed by atoms with van der Waals surface area (Å²) in [6.07, 6.45) is 0.675. The van der Waals surface area contributed by atoms with Gasteiger partial charge in [-0.1, -0.05) is 0 Å². The van der Waals surface area contributed by atoms with Crippen LogP contribution in [0.25, 0.3) is 0 Å². The lowest BCUT2D eigenvalue weighted by atomic mass is 10.2. The molecule has 0 spiro atoms. The highest BCUT2D eigenvalue weighted by molar-refractivity contribution is 6.17. The fourth-order valence-electron chi connectivity index (χ4n) is 1.22. The lowest BCUT2D eigenvalue weighted by molar-refractivity contribution is 0.295. The first kappa shape index (κ1) is 13.3. The minimum absolute atomic E-state index is 0.0363. The molecule has 0 saturated carbocycles. The van der Waals surface area contributed by atoms with Gasteiger partial charge in [0.2, 0.25) is 0 Å². The Labute approximate surface area is 104 Å². The SMILES string of the molecule is COc1cc(C#N)c(N=O)cc1OCCCCl. The van der Waals surface area contributed by atoms with Crippen molar-refractivity contribution in [3.8, 4) is 17.6 Å². The number of ether oxygens (including phenoxy) is 2. The maximum absolute atomic E-state index is 10.5. The van der Waals surface area contributed by atoms with Gasteiger partial charge in [0.05, 0.1) is 19.3 Å². The molecule has 0 aliphatic carbocycles. The Morgan fingerprint density at radius 2 is 2.24 bits per heavy atom. The lowest BCUT2D eigenvalue weighted by Crippen LogP contribution is -2.00. The molecule has 90 valence electrons. The molecule has 0 aliphatic rings. The highest BCUT2D eigenvalue weighted by atomic mass is 35.5. The van der Waals surface area contributed by atoms with Crippen LogP contribution in [0.15, 0.2) is 17.3 Å². The Kier molecular flexibility index (Phi) is 5.24. The van der Waals surface area contributed by atoms with Gasteiger partial charge in [0, 0.05) is 18.0 Å². The number of methoxy groups -OCH3 is 1. The summed E-state index contributed by atoms with van der Waals surface area (Å²) in [7, 11) is 1.46. The summed E-state index contributed by atoms with van der Waals surface area (Å²) in [5.41, 5.74) is 0.190. The summed E-state index contributed by atoms with van der Waals surface area (Å²) in [5.74, 6) is 1.26. The van der Waals surface area contributed by atoms with Crippen LogP contribution in [0.1, 0.15) is 12.0 Å². The number of hydrogen-bond acceptors (Lipinski definition) is 5. The van der Waals surface area contributed by atoms with Crippen molar-refractivity contribution in [1.29, 1.82) is 5.26 Å². The average molecular weight is 255 g/mol. The molecule has 0 heterocycles. The zero-order valence-corrected chi connectivity index (χ0v) is 10.0. The number of nitroso groups, excluding NO2 is 1. The first-order chi connectivity index (χ1) is 8.26. The van der Waals surface area contributed by atoms with Crippen LogP contribution in [0.5, 0.6) is 11.5 Å². The van der Waals surface area contributed by atoms with Gasteiger partial charge in [0.25, 0.3) is 0 Å². The molecular weight excluding hydrogens is 244 g/mol. The van der Waals surface area contributed by atoms with E-state index in [4.69, 9.17) is 26.3 Å². The van der Waals surface area contributed by atoms with Crippen molar-refractivity contribution in [2.45, 2.75) is 6.42 Å². The molecule has 0 aromatic heterocycles. The molecule has 17 heavy (non-hydrogen) atoms. The molecule has 0 bridgehead atoms. The van der Waals surface area contributed by atoms with Gasteiger partial charge in [-0.05, 0) is 11.6 Å². The Hall–Kier alpha value is -1.80. The smallest absolute Gasteiger partial charge is 0.163 e. The standard InChI is InChI=1S/C11H11ClN2O3/c1-16-10-5-8(7-13)9(14-15)6-11(10)17-4-2-3-12/h5-6H,2-4H2,1H3. The molecule has 6 heteroatoms. The monoisotopic (exact) mass is 254 g/mol. The highest BCUT2D eigenvalue weighted by Gasteiger charge is 2.12. The van der Waals surface area contributed by atoms with E-state index >= 15 is 0 Å². The second kappa shape index (κ2) is 6.71. The predicted molar refractivity (Wildman–Crippen MR) is 64.0 cm³/mol. The largest absolute Gasteiger partial charge is 0.493 e. The molecule has 0 amide bonds. The first-order valence-electron chi connectivity index (χ1n) is 4.91. The topological polar surface area (TPSA) is 71.7 Å². The van der Waals surface area contributed by atoms with E-state index in [0.29, 0.717) is 30.4 Å². The quantitative estimate of drug-likeness (QED) is 0.444. The fourth-order valence-corrected chi connectivity index (χ4v) is 1.33. The second-order valence-electron chi connectivity index (χ2n) is 3.11. The van der Waals surface area contributed by atoms with Crippen molar-refractivity contribution in [2.75, 3.05) is 19.6 Å². The fraction of sp³-hybridized carbons (Fsp3) is 0.364. The summed E-state index contributed by atoms with van der Waals surface area (Å²) >= 11 is 5.52. The molecule has 0 radical (unpaired) electrons. The Morgan fingerprint density at radius 3 is 2.76 bits per heavy atom. The van der Waals surface area contributed by atoms with Crippen molar-refractivity contribution in [3.63, 3.8) is 0 Å². The van der Waals surface area contributed by atoms with Crippen LogP contribution in [0.4, 0.5) is 5.69 Å². The van der Waals surface area contributed by atoms with Crippen LogP contribution in [0.3, 0.4) is 0 Å². The van der Waals surface area contributed by atoms with Crippen molar-refractivity contribution in [3.05, 3.63) is 22.6 Å². The number of nitrogens with zero attached hydrogens (tertiary/aromatic N) is 2. The van der Waals surface area contributed by atoms with E-state index in [1.54, 1.807) is 0 Å². The Balaban J connectivity index is 3.02. The van der Waals surface area contributed by atoms with E-state index in [-0.39, 0.29) is 11.3 Å². The molecule has 0 aliphatic heterocycles. The van der Waals surface area contributed by atoms with E-state index in [2.05, 4.69) is 5.18 Å². The zero-order chi connectivity index (χ0) is 12.7. The van der Waals surface area contributed by atoms with Crippen molar-refractivity contribution >= 4 is 17.3 Å². The molecule has 0 saturated heterocycles. The van der Waals surface area contributed by atoms with Gasteiger partial charge in [-0.15, -0.1) is 16.5 Å². The molecule has 0 fully saturated rings. The van der Waals surface area contributed by atoms with E-state index in [0.717, 1.165) is 0 Å². The van der Waals surface area contributed by atoms with Crippen LogP contribution >= 0.6 is 11.6 Å². The summed E-state index contributed by atoms with van der Waals surface area (Å²) in [6.45, 7) is 0.407. The van der Waals surface area contributed by atoms with Crippen LogP contribution in [0, 0.1) is 16.2 Å². The number of alkyl halides is 1. The minimum Gasteiger partial charge on any atom is -0.493 e. The minimum atomic E-state index is 0.0363. The zero-order valence-electron chi connectivity index (χ0n) is 9.27. The third-order valence-electron chi connectivity index (χ3n) is 2.04. The summed E-state index contributed by atoms with van der Waals surface area (Å²) in [6, 6.07) is 4.68. The normalized spacial score (nSPS) is 9.47. The average Bonchev–Trinajstić information content (AvgIpc) is 2.38. The number of hydrogen-bond donors (Lipinski definition) is 0. The van der Waals surface area contributed by atoms with Crippen molar-refractivity contribution < 1.29 is 9.47 Å². The number of nitriles is 1. The number of rotatable bonds is 6. The van der Waals surface area contributed by atoms with Crippen LogP contribution < -0.4 is 9.47 Å². The molecule has 5 nitrogen and oxygen atoms in total. The van der Waals surface area contributed by atoms with Crippen LogP contribution in [-0.2, 0) is 0 Å². The first-order valence-corrected chi connectivity index (χ1v) is 5.44.